The second kappa shape index (κ2) is 10.2. The third kappa shape index (κ3) is 6.57. The molecule has 1 rings (SSSR count). The molecule has 24 heavy (non-hydrogen) atoms. The van der Waals surface area contributed by atoms with Crippen molar-refractivity contribution in [2.75, 3.05) is 14.2 Å². The lowest BCUT2D eigenvalue weighted by atomic mass is 9.86. The molecule has 1 aliphatic carbocycles. The van der Waals surface area contributed by atoms with Gasteiger partial charge in [0.15, 0.2) is 0 Å². The Hall–Kier alpha value is -0.860. The molecule has 0 N–H and O–H groups in total. The largest absolute Gasteiger partial charge is 0.378 e. The van der Waals surface area contributed by atoms with Crippen molar-refractivity contribution in [2.45, 2.75) is 78.4 Å². The molecule has 0 aromatic rings. The molecule has 2 nitrogen and oxygen atoms in total. The lowest BCUT2D eigenvalue weighted by molar-refractivity contribution is -0.0742. The lowest BCUT2D eigenvalue weighted by Gasteiger charge is -2.33. The highest BCUT2D eigenvalue weighted by Crippen LogP contribution is 2.28. The van der Waals surface area contributed by atoms with Crippen molar-refractivity contribution in [2.24, 2.45) is 11.8 Å². The monoisotopic (exact) mass is 334 g/mol. The molecule has 0 aromatic heterocycles. The number of allylic oxidation sites excluding steroid dienone is 4. The maximum atomic E-state index is 5.87. The molecule has 2 heteroatoms. The molecule has 0 radical (unpaired) electrons. The fraction of sp³-hybridized carbons (Fsp3) is 0.727. The Morgan fingerprint density at radius 2 is 1.75 bits per heavy atom. The highest BCUT2D eigenvalue weighted by atomic mass is 16.5. The van der Waals surface area contributed by atoms with Gasteiger partial charge in [-0.25, -0.2) is 0 Å². The summed E-state index contributed by atoms with van der Waals surface area (Å²) in [6, 6.07) is 0. The molecule has 0 heterocycles. The minimum absolute atomic E-state index is 0.0294. The Balaban J connectivity index is 3.12. The van der Waals surface area contributed by atoms with E-state index in [-0.39, 0.29) is 6.10 Å². The SMILES string of the molecule is CO[C@@H]1C/C=C(\C)CC/C=C(\C)CC[C@@H](C(C)C)/C=C/[C@]1(C)OC. The molecule has 0 aromatic carbocycles. The van der Waals surface area contributed by atoms with Crippen LogP contribution in [0.2, 0.25) is 0 Å². The predicted molar refractivity (Wildman–Crippen MR) is 104 cm³/mol. The first-order valence-corrected chi connectivity index (χ1v) is 9.41. The van der Waals surface area contributed by atoms with Gasteiger partial charge in [0.25, 0.3) is 0 Å². The molecule has 0 saturated carbocycles. The number of rotatable bonds is 3. The van der Waals surface area contributed by atoms with Gasteiger partial charge in [-0.2, -0.15) is 0 Å². The average Bonchev–Trinajstić information content (AvgIpc) is 2.54. The second-order valence-electron chi connectivity index (χ2n) is 7.79. The molecule has 3 atom stereocenters. The summed E-state index contributed by atoms with van der Waals surface area (Å²) < 4.78 is 11.7. The van der Waals surface area contributed by atoms with Gasteiger partial charge in [-0.1, -0.05) is 49.3 Å². The van der Waals surface area contributed by atoms with Crippen molar-refractivity contribution in [3.05, 3.63) is 35.5 Å². The van der Waals surface area contributed by atoms with Gasteiger partial charge in [0.05, 0.1) is 6.10 Å². The standard InChI is InChI=1S/C22H38O2/c1-17(2)20-13-11-18(3)9-8-10-19(4)12-14-21(23-6)22(5,24-7)16-15-20/h9,12,15-17,20-21H,8,10-11,13-14H2,1-7H3/b16-15+,18-9+,19-12+/t20-,21-,22+/m1/s1. The minimum atomic E-state index is -0.395. The van der Waals surface area contributed by atoms with E-state index in [9.17, 15) is 0 Å². The Labute approximate surface area is 150 Å². The van der Waals surface area contributed by atoms with Crippen LogP contribution in [-0.2, 0) is 9.47 Å². The predicted octanol–water partition coefficient (Wildman–Crippen LogP) is 6.09. The maximum Gasteiger partial charge on any atom is 0.109 e. The zero-order valence-electron chi connectivity index (χ0n) is 16.9. The summed E-state index contributed by atoms with van der Waals surface area (Å²) in [5.41, 5.74) is 2.55. The summed E-state index contributed by atoms with van der Waals surface area (Å²) >= 11 is 0. The smallest absolute Gasteiger partial charge is 0.109 e. The third-order valence-corrected chi connectivity index (χ3v) is 5.48. The van der Waals surface area contributed by atoms with Gasteiger partial charge < -0.3 is 9.47 Å². The number of methoxy groups -OCH3 is 2. The van der Waals surface area contributed by atoms with Crippen molar-refractivity contribution in [1.82, 2.24) is 0 Å². The van der Waals surface area contributed by atoms with E-state index < -0.39 is 5.60 Å². The Bertz CT molecular complexity index is 459. The summed E-state index contributed by atoms with van der Waals surface area (Å²) in [4.78, 5) is 0. The second-order valence-corrected chi connectivity index (χ2v) is 7.79. The Morgan fingerprint density at radius 3 is 2.33 bits per heavy atom. The van der Waals surface area contributed by atoms with E-state index >= 15 is 0 Å². The van der Waals surface area contributed by atoms with Gasteiger partial charge in [-0.05, 0) is 64.7 Å². The van der Waals surface area contributed by atoms with Gasteiger partial charge in [0, 0.05) is 14.2 Å². The molecule has 0 aliphatic heterocycles. The maximum absolute atomic E-state index is 5.87. The normalized spacial score (nSPS) is 36.3. The summed E-state index contributed by atoms with van der Waals surface area (Å²) in [6.45, 7) is 11.2. The van der Waals surface area contributed by atoms with Gasteiger partial charge in [-0.3, -0.25) is 0 Å². The van der Waals surface area contributed by atoms with Crippen LogP contribution >= 0.6 is 0 Å². The van der Waals surface area contributed by atoms with Gasteiger partial charge >= 0.3 is 0 Å². The molecule has 0 amide bonds. The van der Waals surface area contributed by atoms with Crippen molar-refractivity contribution >= 4 is 0 Å². The Morgan fingerprint density at radius 1 is 1.08 bits per heavy atom. The first-order chi connectivity index (χ1) is 11.3. The number of ether oxygens (including phenoxy) is 2. The van der Waals surface area contributed by atoms with Crippen LogP contribution in [0.4, 0.5) is 0 Å². The fourth-order valence-corrected chi connectivity index (χ4v) is 3.29. The number of hydrogen-bond donors (Lipinski definition) is 0. The van der Waals surface area contributed by atoms with E-state index in [1.54, 1.807) is 14.2 Å². The first-order valence-electron chi connectivity index (χ1n) is 9.41. The summed E-state index contributed by atoms with van der Waals surface area (Å²) in [6.07, 6.45) is 14.9. The summed E-state index contributed by atoms with van der Waals surface area (Å²) in [5, 5.41) is 0. The van der Waals surface area contributed by atoms with Crippen LogP contribution < -0.4 is 0 Å². The van der Waals surface area contributed by atoms with Crippen molar-refractivity contribution in [3.8, 4) is 0 Å². The van der Waals surface area contributed by atoms with Gasteiger partial charge in [0.1, 0.15) is 5.60 Å². The molecular formula is C22H38O2. The zero-order chi connectivity index (χ0) is 18.2. The lowest BCUT2D eigenvalue weighted by Crippen LogP contribution is -2.40. The first kappa shape index (κ1) is 21.2. The van der Waals surface area contributed by atoms with E-state index in [0.717, 1.165) is 19.3 Å². The van der Waals surface area contributed by atoms with Crippen LogP contribution in [0.15, 0.2) is 35.5 Å². The molecular weight excluding hydrogens is 296 g/mol. The van der Waals surface area contributed by atoms with Crippen LogP contribution in [0.5, 0.6) is 0 Å². The van der Waals surface area contributed by atoms with E-state index in [0.29, 0.717) is 11.8 Å². The van der Waals surface area contributed by atoms with Crippen molar-refractivity contribution < 1.29 is 9.47 Å². The highest BCUT2D eigenvalue weighted by Gasteiger charge is 2.31. The third-order valence-electron chi connectivity index (χ3n) is 5.48. The van der Waals surface area contributed by atoms with Crippen LogP contribution in [0.1, 0.15) is 66.7 Å². The summed E-state index contributed by atoms with van der Waals surface area (Å²) in [5.74, 6) is 1.20. The average molecular weight is 335 g/mol. The van der Waals surface area contributed by atoms with Gasteiger partial charge in [-0.15, -0.1) is 0 Å². The van der Waals surface area contributed by atoms with Crippen molar-refractivity contribution in [3.63, 3.8) is 0 Å². The molecule has 0 unspecified atom stereocenters. The fourth-order valence-electron chi connectivity index (χ4n) is 3.29. The Kier molecular flexibility index (Phi) is 9.01. The van der Waals surface area contributed by atoms with Gasteiger partial charge in [0.2, 0.25) is 0 Å². The van der Waals surface area contributed by atoms with Crippen molar-refractivity contribution in [1.29, 1.82) is 0 Å². The summed E-state index contributed by atoms with van der Waals surface area (Å²) in [7, 11) is 3.57. The minimum Gasteiger partial charge on any atom is -0.378 e. The van der Waals surface area contributed by atoms with E-state index in [1.807, 2.05) is 0 Å². The van der Waals surface area contributed by atoms with E-state index in [2.05, 4.69) is 58.9 Å². The molecule has 138 valence electrons. The van der Waals surface area contributed by atoms with Crippen LogP contribution in [-0.4, -0.2) is 25.9 Å². The van der Waals surface area contributed by atoms with Crippen LogP contribution in [0, 0.1) is 11.8 Å². The van der Waals surface area contributed by atoms with Crippen LogP contribution in [0.3, 0.4) is 0 Å². The molecule has 0 spiro atoms. The van der Waals surface area contributed by atoms with E-state index in [4.69, 9.17) is 9.47 Å². The van der Waals surface area contributed by atoms with E-state index in [1.165, 1.54) is 24.0 Å². The molecule has 0 fully saturated rings. The zero-order valence-corrected chi connectivity index (χ0v) is 16.9. The molecule has 0 bridgehead atoms. The highest BCUT2D eigenvalue weighted by molar-refractivity contribution is 5.11. The number of hydrogen-bond acceptors (Lipinski definition) is 2. The topological polar surface area (TPSA) is 18.5 Å². The molecule has 1 aliphatic rings. The quantitative estimate of drug-likeness (QED) is 0.581. The molecule has 0 saturated heterocycles. The van der Waals surface area contributed by atoms with Crippen LogP contribution in [0.25, 0.3) is 0 Å².